The number of ether oxygens (including phenoxy) is 1. The third kappa shape index (κ3) is 5.52. The normalized spacial score (nSPS) is 10.1. The van der Waals surface area contributed by atoms with Crippen LogP contribution in [0.5, 0.6) is 5.75 Å². The number of carbonyl (C=O) groups excluding carboxylic acids is 1. The maximum atomic E-state index is 11.9. The molecule has 0 spiro atoms. The second-order valence-corrected chi connectivity index (χ2v) is 5.71. The highest BCUT2D eigenvalue weighted by molar-refractivity contribution is 7.99. The fourth-order valence-corrected chi connectivity index (χ4v) is 2.74. The second-order valence-electron chi connectivity index (χ2n) is 4.55. The van der Waals surface area contributed by atoms with Gasteiger partial charge >= 0.3 is 0 Å². The topological polar surface area (TPSA) is 38.3 Å². The van der Waals surface area contributed by atoms with Gasteiger partial charge in [0.25, 0.3) is 0 Å². The highest BCUT2D eigenvalue weighted by Gasteiger charge is 2.03. The molecule has 0 aliphatic heterocycles. The van der Waals surface area contributed by atoms with Crippen molar-refractivity contribution in [2.75, 3.05) is 18.2 Å². The zero-order valence-corrected chi connectivity index (χ0v) is 12.9. The molecule has 0 aromatic heterocycles. The van der Waals surface area contributed by atoms with Gasteiger partial charge in [-0.2, -0.15) is 0 Å². The Morgan fingerprint density at radius 3 is 2.71 bits per heavy atom. The fourth-order valence-electron chi connectivity index (χ4n) is 1.86. The molecule has 0 aliphatic rings. The largest absolute Gasteiger partial charge is 0.497 e. The van der Waals surface area contributed by atoms with Gasteiger partial charge in [0.2, 0.25) is 5.91 Å². The summed E-state index contributed by atoms with van der Waals surface area (Å²) in [5.74, 6) is 1.72. The second kappa shape index (κ2) is 8.37. The van der Waals surface area contributed by atoms with Crippen molar-refractivity contribution in [2.45, 2.75) is 17.7 Å². The molecule has 2 rings (SSSR count). The van der Waals surface area contributed by atoms with Gasteiger partial charge in [-0.15, -0.1) is 11.8 Å². The van der Waals surface area contributed by atoms with Gasteiger partial charge in [-0.05, 0) is 36.4 Å². The summed E-state index contributed by atoms with van der Waals surface area (Å²) in [6, 6.07) is 17.6. The van der Waals surface area contributed by atoms with Crippen LogP contribution in [-0.2, 0) is 4.79 Å². The van der Waals surface area contributed by atoms with E-state index < -0.39 is 0 Å². The van der Waals surface area contributed by atoms with Crippen LogP contribution in [0.4, 0.5) is 5.69 Å². The molecule has 0 unspecified atom stereocenters. The zero-order chi connectivity index (χ0) is 14.9. The minimum Gasteiger partial charge on any atom is -0.497 e. The summed E-state index contributed by atoms with van der Waals surface area (Å²) < 4.78 is 5.13. The van der Waals surface area contributed by atoms with Crippen molar-refractivity contribution in [1.29, 1.82) is 0 Å². The van der Waals surface area contributed by atoms with E-state index in [-0.39, 0.29) is 5.91 Å². The molecule has 110 valence electrons. The third-order valence-corrected chi connectivity index (χ3v) is 4.01. The number of carbonyl (C=O) groups is 1. The Balaban J connectivity index is 1.70. The number of amides is 1. The van der Waals surface area contributed by atoms with Crippen LogP contribution in [-0.4, -0.2) is 18.8 Å². The molecule has 0 fully saturated rings. The van der Waals surface area contributed by atoms with E-state index in [1.807, 2.05) is 42.5 Å². The lowest BCUT2D eigenvalue weighted by Crippen LogP contribution is -2.11. The van der Waals surface area contributed by atoms with Crippen molar-refractivity contribution in [3.05, 3.63) is 54.6 Å². The first-order chi connectivity index (χ1) is 10.3. The standard InChI is InChI=1S/C17H19NO2S/c1-20-15-8-5-7-14(13-15)18-17(19)11-6-12-21-16-9-3-2-4-10-16/h2-5,7-10,13H,6,11-12H2,1H3,(H,18,19). The van der Waals surface area contributed by atoms with Crippen LogP contribution >= 0.6 is 11.8 Å². The van der Waals surface area contributed by atoms with E-state index in [0.717, 1.165) is 23.6 Å². The van der Waals surface area contributed by atoms with E-state index in [9.17, 15) is 4.79 Å². The van der Waals surface area contributed by atoms with Gasteiger partial charge in [-0.3, -0.25) is 4.79 Å². The minimum atomic E-state index is 0.0388. The predicted molar refractivity (Wildman–Crippen MR) is 88.0 cm³/mol. The van der Waals surface area contributed by atoms with Crippen LogP contribution in [0.15, 0.2) is 59.5 Å². The van der Waals surface area contributed by atoms with Crippen LogP contribution < -0.4 is 10.1 Å². The molecular weight excluding hydrogens is 282 g/mol. The molecule has 1 amide bonds. The van der Waals surface area contributed by atoms with Crippen LogP contribution in [0.3, 0.4) is 0 Å². The summed E-state index contributed by atoms with van der Waals surface area (Å²) >= 11 is 1.77. The van der Waals surface area contributed by atoms with Gasteiger partial charge in [0.1, 0.15) is 5.75 Å². The first-order valence-corrected chi connectivity index (χ1v) is 7.88. The molecule has 0 atom stereocenters. The lowest BCUT2D eigenvalue weighted by molar-refractivity contribution is -0.116. The van der Waals surface area contributed by atoms with E-state index in [1.165, 1.54) is 4.90 Å². The Morgan fingerprint density at radius 1 is 1.14 bits per heavy atom. The molecule has 2 aromatic rings. The van der Waals surface area contributed by atoms with Crippen molar-refractivity contribution in [1.82, 2.24) is 0 Å². The summed E-state index contributed by atoms with van der Waals surface area (Å²) in [6.07, 6.45) is 1.38. The summed E-state index contributed by atoms with van der Waals surface area (Å²) in [6.45, 7) is 0. The van der Waals surface area contributed by atoms with Crippen molar-refractivity contribution >= 4 is 23.4 Å². The van der Waals surface area contributed by atoms with E-state index in [2.05, 4.69) is 17.4 Å². The van der Waals surface area contributed by atoms with Gasteiger partial charge in [0.05, 0.1) is 7.11 Å². The molecule has 2 aromatic carbocycles. The van der Waals surface area contributed by atoms with E-state index >= 15 is 0 Å². The van der Waals surface area contributed by atoms with Gasteiger partial charge in [-0.25, -0.2) is 0 Å². The molecule has 0 saturated heterocycles. The SMILES string of the molecule is COc1cccc(NC(=O)CCCSc2ccccc2)c1. The predicted octanol–water partition coefficient (Wildman–Crippen LogP) is 4.21. The van der Waals surface area contributed by atoms with Crippen molar-refractivity contribution in [3.63, 3.8) is 0 Å². The number of hydrogen-bond acceptors (Lipinski definition) is 3. The molecule has 1 N–H and O–H groups in total. The Bertz CT molecular complexity index is 572. The lowest BCUT2D eigenvalue weighted by atomic mass is 10.2. The van der Waals surface area contributed by atoms with E-state index in [4.69, 9.17) is 4.74 Å². The molecular formula is C17H19NO2S. The van der Waals surface area contributed by atoms with Crippen molar-refractivity contribution in [3.8, 4) is 5.75 Å². The zero-order valence-electron chi connectivity index (χ0n) is 12.0. The molecule has 0 radical (unpaired) electrons. The molecule has 21 heavy (non-hydrogen) atoms. The first kappa shape index (κ1) is 15.4. The molecule has 3 nitrogen and oxygen atoms in total. The van der Waals surface area contributed by atoms with E-state index in [0.29, 0.717) is 6.42 Å². The van der Waals surface area contributed by atoms with E-state index in [1.54, 1.807) is 18.9 Å². The number of hydrogen-bond donors (Lipinski definition) is 1. The van der Waals surface area contributed by atoms with Gasteiger partial charge in [0, 0.05) is 23.1 Å². The number of benzene rings is 2. The van der Waals surface area contributed by atoms with Crippen molar-refractivity contribution in [2.24, 2.45) is 0 Å². The van der Waals surface area contributed by atoms with Gasteiger partial charge < -0.3 is 10.1 Å². The number of anilines is 1. The molecule has 0 heterocycles. The number of thioether (sulfide) groups is 1. The maximum Gasteiger partial charge on any atom is 0.224 e. The van der Waals surface area contributed by atoms with Gasteiger partial charge in [0.15, 0.2) is 0 Å². The Kier molecular flexibility index (Phi) is 6.16. The Hall–Kier alpha value is -1.94. The average Bonchev–Trinajstić information content (AvgIpc) is 2.53. The van der Waals surface area contributed by atoms with Crippen LogP contribution in [0.25, 0.3) is 0 Å². The lowest BCUT2D eigenvalue weighted by Gasteiger charge is -2.07. The Morgan fingerprint density at radius 2 is 1.95 bits per heavy atom. The highest BCUT2D eigenvalue weighted by atomic mass is 32.2. The summed E-state index contributed by atoms with van der Waals surface area (Å²) in [4.78, 5) is 13.1. The number of nitrogens with one attached hydrogen (secondary N) is 1. The maximum absolute atomic E-state index is 11.9. The van der Waals surface area contributed by atoms with Crippen LogP contribution in [0.2, 0.25) is 0 Å². The van der Waals surface area contributed by atoms with Crippen LogP contribution in [0, 0.1) is 0 Å². The smallest absolute Gasteiger partial charge is 0.224 e. The summed E-state index contributed by atoms with van der Waals surface area (Å²) in [7, 11) is 1.61. The van der Waals surface area contributed by atoms with Crippen LogP contribution in [0.1, 0.15) is 12.8 Å². The minimum absolute atomic E-state index is 0.0388. The quantitative estimate of drug-likeness (QED) is 0.615. The first-order valence-electron chi connectivity index (χ1n) is 6.89. The highest BCUT2D eigenvalue weighted by Crippen LogP contribution is 2.19. The van der Waals surface area contributed by atoms with Crippen molar-refractivity contribution < 1.29 is 9.53 Å². The molecule has 4 heteroatoms. The molecule has 0 saturated carbocycles. The number of rotatable bonds is 7. The molecule has 0 bridgehead atoms. The van der Waals surface area contributed by atoms with Gasteiger partial charge in [-0.1, -0.05) is 24.3 Å². The monoisotopic (exact) mass is 301 g/mol. The fraction of sp³-hybridized carbons (Fsp3) is 0.235. The Labute approximate surface area is 129 Å². The molecule has 0 aliphatic carbocycles. The summed E-state index contributed by atoms with van der Waals surface area (Å²) in [5, 5.41) is 2.89. The average molecular weight is 301 g/mol. The number of methoxy groups -OCH3 is 1. The third-order valence-electron chi connectivity index (χ3n) is 2.91. The summed E-state index contributed by atoms with van der Waals surface area (Å²) in [5.41, 5.74) is 0.773.